The number of nitrogens with one attached hydrogen (secondary N) is 1. The molecule has 0 radical (unpaired) electrons. The van der Waals surface area contributed by atoms with Gasteiger partial charge >= 0.3 is 0 Å². The smallest absolute Gasteiger partial charge is 0.220 e. The van der Waals surface area contributed by atoms with Crippen molar-refractivity contribution in [2.75, 3.05) is 6.54 Å². The SMILES string of the molecule is NC1=C[C@]2(CN1)c1cc(-c3cccnc3F)ccc1Oc1cnc(Cl)cc12. The average molecular weight is 381 g/mol. The predicted molar refractivity (Wildman–Crippen MR) is 100 cm³/mol. The van der Waals surface area contributed by atoms with Crippen LogP contribution in [0, 0.1) is 5.95 Å². The number of pyridine rings is 2. The van der Waals surface area contributed by atoms with Gasteiger partial charge in [-0.3, -0.25) is 0 Å². The third kappa shape index (κ3) is 2.37. The maximum Gasteiger partial charge on any atom is 0.220 e. The lowest BCUT2D eigenvalue weighted by Crippen LogP contribution is -2.34. The number of rotatable bonds is 1. The first-order valence-electron chi connectivity index (χ1n) is 8.38. The van der Waals surface area contributed by atoms with Gasteiger partial charge in [0.05, 0.1) is 17.4 Å². The monoisotopic (exact) mass is 380 g/mol. The lowest BCUT2D eigenvalue weighted by atomic mass is 9.73. The van der Waals surface area contributed by atoms with E-state index in [1.54, 1.807) is 24.4 Å². The molecular weight excluding hydrogens is 367 g/mol. The Hall–Kier alpha value is -3.12. The van der Waals surface area contributed by atoms with Crippen LogP contribution in [0.1, 0.15) is 11.1 Å². The van der Waals surface area contributed by atoms with Gasteiger partial charge < -0.3 is 15.8 Å². The first-order valence-corrected chi connectivity index (χ1v) is 8.76. The van der Waals surface area contributed by atoms with Crippen molar-refractivity contribution < 1.29 is 9.13 Å². The molecule has 5 nitrogen and oxygen atoms in total. The van der Waals surface area contributed by atoms with Crippen molar-refractivity contribution in [1.29, 1.82) is 0 Å². The quantitative estimate of drug-likeness (QED) is 0.629. The standard InChI is InChI=1S/C20H14ClFN4O/c21-17-7-14-16(9-25-17)27-15-4-3-11(12-2-1-5-24-19(12)22)6-13(15)20(14)8-18(23)26-10-20/h1-9,26H,10,23H2/t20-/m0/s1. The van der Waals surface area contributed by atoms with Crippen LogP contribution < -0.4 is 15.8 Å². The molecule has 4 heterocycles. The Balaban J connectivity index is 1.76. The van der Waals surface area contributed by atoms with Crippen molar-refractivity contribution in [1.82, 2.24) is 15.3 Å². The van der Waals surface area contributed by atoms with E-state index in [0.29, 0.717) is 40.1 Å². The summed E-state index contributed by atoms with van der Waals surface area (Å²) in [4.78, 5) is 7.87. The first kappa shape index (κ1) is 16.1. The highest BCUT2D eigenvalue weighted by atomic mass is 35.5. The summed E-state index contributed by atoms with van der Waals surface area (Å²) in [5.41, 5.74) is 8.37. The molecule has 1 aromatic carbocycles. The molecule has 2 aliphatic heterocycles. The van der Waals surface area contributed by atoms with Gasteiger partial charge in [0.2, 0.25) is 5.95 Å². The van der Waals surface area contributed by atoms with Gasteiger partial charge in [0.1, 0.15) is 16.7 Å². The zero-order valence-corrected chi connectivity index (χ0v) is 14.8. The van der Waals surface area contributed by atoms with Gasteiger partial charge in [-0.15, -0.1) is 0 Å². The number of hydrogen-bond donors (Lipinski definition) is 2. The summed E-state index contributed by atoms with van der Waals surface area (Å²) in [6.45, 7) is 0.543. The molecule has 0 amide bonds. The summed E-state index contributed by atoms with van der Waals surface area (Å²) >= 11 is 6.15. The summed E-state index contributed by atoms with van der Waals surface area (Å²) < 4.78 is 20.3. The van der Waals surface area contributed by atoms with E-state index in [4.69, 9.17) is 22.1 Å². The second kappa shape index (κ2) is 5.69. The normalized spacial score (nSPS) is 19.7. The van der Waals surface area contributed by atoms with Gasteiger partial charge in [0, 0.05) is 29.4 Å². The largest absolute Gasteiger partial charge is 0.455 e. The van der Waals surface area contributed by atoms with Crippen LogP contribution in [0.2, 0.25) is 5.15 Å². The number of fused-ring (bicyclic) bond motifs is 4. The van der Waals surface area contributed by atoms with Crippen LogP contribution in [-0.4, -0.2) is 16.5 Å². The molecule has 0 aliphatic carbocycles. The third-order valence-corrected chi connectivity index (χ3v) is 5.24. The van der Waals surface area contributed by atoms with Crippen LogP contribution in [-0.2, 0) is 5.41 Å². The average Bonchev–Trinajstić information content (AvgIpc) is 3.06. The van der Waals surface area contributed by atoms with Crippen LogP contribution in [0.25, 0.3) is 11.1 Å². The fourth-order valence-corrected chi connectivity index (χ4v) is 3.96. The van der Waals surface area contributed by atoms with E-state index in [2.05, 4.69) is 15.3 Å². The molecule has 2 aliphatic rings. The molecule has 0 fully saturated rings. The molecule has 0 saturated carbocycles. The minimum absolute atomic E-state index is 0.369. The van der Waals surface area contributed by atoms with Crippen LogP contribution in [0.5, 0.6) is 11.5 Å². The molecule has 1 atom stereocenters. The molecule has 3 aromatic rings. The third-order valence-electron chi connectivity index (χ3n) is 5.04. The molecule has 134 valence electrons. The first-order chi connectivity index (χ1) is 13.1. The van der Waals surface area contributed by atoms with E-state index in [0.717, 1.165) is 11.1 Å². The van der Waals surface area contributed by atoms with Crippen molar-refractivity contribution in [2.45, 2.75) is 5.41 Å². The summed E-state index contributed by atoms with van der Waals surface area (Å²) in [7, 11) is 0. The molecule has 1 spiro atoms. The van der Waals surface area contributed by atoms with E-state index < -0.39 is 11.4 Å². The Morgan fingerprint density at radius 3 is 2.78 bits per heavy atom. The highest BCUT2D eigenvalue weighted by Crippen LogP contribution is 2.51. The Morgan fingerprint density at radius 2 is 2.00 bits per heavy atom. The highest BCUT2D eigenvalue weighted by Gasteiger charge is 2.44. The van der Waals surface area contributed by atoms with E-state index in [-0.39, 0.29) is 0 Å². The maximum atomic E-state index is 14.2. The number of halogens is 2. The molecule has 0 unspecified atom stereocenters. The van der Waals surface area contributed by atoms with E-state index in [1.807, 2.05) is 24.3 Å². The van der Waals surface area contributed by atoms with Crippen LogP contribution in [0.15, 0.2) is 60.7 Å². The van der Waals surface area contributed by atoms with Gasteiger partial charge in [0.15, 0.2) is 0 Å². The Kier molecular flexibility index (Phi) is 3.39. The van der Waals surface area contributed by atoms with Crippen LogP contribution >= 0.6 is 11.6 Å². The topological polar surface area (TPSA) is 73.1 Å². The fraction of sp³-hybridized carbons (Fsp3) is 0.100. The van der Waals surface area contributed by atoms with E-state index in [1.165, 1.54) is 6.20 Å². The molecule has 0 saturated heterocycles. The Labute approximate surface area is 159 Å². The lowest BCUT2D eigenvalue weighted by Gasteiger charge is -2.35. The number of nitrogens with two attached hydrogens (primary N) is 1. The second-order valence-corrected chi connectivity index (χ2v) is 6.97. The molecule has 3 N–H and O–H groups in total. The minimum Gasteiger partial charge on any atom is -0.455 e. The number of aromatic nitrogens is 2. The minimum atomic E-state index is -0.575. The summed E-state index contributed by atoms with van der Waals surface area (Å²) in [6.07, 6.45) is 4.99. The zero-order valence-electron chi connectivity index (χ0n) is 14.0. The summed E-state index contributed by atoms with van der Waals surface area (Å²) in [5, 5.41) is 3.55. The molecular formula is C20H14ClFN4O. The van der Waals surface area contributed by atoms with Crippen molar-refractivity contribution in [3.8, 4) is 22.6 Å². The zero-order chi connectivity index (χ0) is 18.6. The van der Waals surface area contributed by atoms with Crippen molar-refractivity contribution in [2.24, 2.45) is 5.73 Å². The van der Waals surface area contributed by atoms with E-state index >= 15 is 0 Å². The van der Waals surface area contributed by atoms with Crippen molar-refractivity contribution in [3.05, 3.63) is 82.9 Å². The van der Waals surface area contributed by atoms with Crippen molar-refractivity contribution >= 4 is 11.6 Å². The van der Waals surface area contributed by atoms with Crippen LogP contribution in [0.3, 0.4) is 0 Å². The van der Waals surface area contributed by atoms with Crippen LogP contribution in [0.4, 0.5) is 4.39 Å². The van der Waals surface area contributed by atoms with Crippen molar-refractivity contribution in [3.63, 3.8) is 0 Å². The Morgan fingerprint density at radius 1 is 1.15 bits per heavy atom. The van der Waals surface area contributed by atoms with Gasteiger partial charge in [0.25, 0.3) is 0 Å². The molecule has 27 heavy (non-hydrogen) atoms. The summed E-state index contributed by atoms with van der Waals surface area (Å²) in [5.74, 6) is 1.35. The van der Waals surface area contributed by atoms with Gasteiger partial charge in [-0.1, -0.05) is 17.7 Å². The second-order valence-electron chi connectivity index (χ2n) is 6.58. The number of nitrogens with zero attached hydrogens (tertiary/aromatic N) is 2. The number of benzene rings is 1. The Bertz CT molecular complexity index is 1120. The molecule has 7 heteroatoms. The fourth-order valence-electron chi connectivity index (χ4n) is 3.80. The highest BCUT2D eigenvalue weighted by molar-refractivity contribution is 6.29. The van der Waals surface area contributed by atoms with E-state index in [9.17, 15) is 4.39 Å². The summed E-state index contributed by atoms with van der Waals surface area (Å²) in [6, 6.07) is 10.8. The molecule has 2 aromatic heterocycles. The number of ether oxygens (including phenoxy) is 1. The van der Waals surface area contributed by atoms with Gasteiger partial charge in [-0.25, -0.2) is 9.97 Å². The van der Waals surface area contributed by atoms with Gasteiger partial charge in [-0.05, 0) is 42.0 Å². The maximum absolute atomic E-state index is 14.2. The predicted octanol–water partition coefficient (Wildman–Crippen LogP) is 3.73. The molecule has 5 rings (SSSR count). The molecule has 0 bridgehead atoms. The van der Waals surface area contributed by atoms with Gasteiger partial charge in [-0.2, -0.15) is 4.39 Å². The number of hydrogen-bond acceptors (Lipinski definition) is 5. The lowest BCUT2D eigenvalue weighted by molar-refractivity contribution is 0.422.